The Balaban J connectivity index is 2.31. The van der Waals surface area contributed by atoms with Gasteiger partial charge in [0.15, 0.2) is 0 Å². The summed E-state index contributed by atoms with van der Waals surface area (Å²) in [6.07, 6.45) is -3.02. The number of alkyl halides is 3. The maximum absolute atomic E-state index is 12.5. The summed E-state index contributed by atoms with van der Waals surface area (Å²) in [4.78, 5) is 0. The molecule has 2 rings (SSSR count). The molecule has 0 fully saturated rings. The molecule has 16 heavy (non-hydrogen) atoms. The van der Waals surface area contributed by atoms with Crippen molar-refractivity contribution in [2.24, 2.45) is 5.73 Å². The van der Waals surface area contributed by atoms with Crippen LogP contribution in [-0.4, -0.2) is 12.6 Å². The lowest BCUT2D eigenvalue weighted by Gasteiger charge is -2.25. The lowest BCUT2D eigenvalue weighted by atomic mass is 10.0. The van der Waals surface area contributed by atoms with Crippen molar-refractivity contribution < 1.29 is 17.9 Å². The standard InChI is InChI=1S/C11H12F3NO/c12-11(13,14)8-3-1-7-2-4-9(6-15)16-10(7)5-8/h1,3,5,9H,2,4,6,15H2. The summed E-state index contributed by atoms with van der Waals surface area (Å²) >= 11 is 0. The average molecular weight is 231 g/mol. The third-order valence-electron chi connectivity index (χ3n) is 2.69. The summed E-state index contributed by atoms with van der Waals surface area (Å²) in [5.41, 5.74) is 5.58. The third kappa shape index (κ3) is 2.14. The molecule has 88 valence electrons. The first-order valence-electron chi connectivity index (χ1n) is 5.07. The zero-order chi connectivity index (χ0) is 11.8. The number of rotatable bonds is 1. The van der Waals surface area contributed by atoms with Crippen molar-refractivity contribution in [3.8, 4) is 5.75 Å². The Hall–Kier alpha value is -1.23. The van der Waals surface area contributed by atoms with E-state index in [1.807, 2.05) is 0 Å². The zero-order valence-electron chi connectivity index (χ0n) is 8.55. The molecule has 0 aromatic heterocycles. The van der Waals surface area contributed by atoms with E-state index in [4.69, 9.17) is 10.5 Å². The minimum atomic E-state index is -4.33. The molecule has 1 unspecified atom stereocenters. The molecule has 0 saturated carbocycles. The predicted octanol–water partition coefficient (Wildman–Crippen LogP) is 2.36. The van der Waals surface area contributed by atoms with Crippen LogP contribution in [0.25, 0.3) is 0 Å². The lowest BCUT2D eigenvalue weighted by molar-refractivity contribution is -0.137. The van der Waals surface area contributed by atoms with Crippen LogP contribution in [0.1, 0.15) is 17.5 Å². The highest BCUT2D eigenvalue weighted by molar-refractivity contribution is 5.40. The highest BCUT2D eigenvalue weighted by Gasteiger charge is 2.32. The minimum Gasteiger partial charge on any atom is -0.489 e. The molecule has 1 heterocycles. The van der Waals surface area contributed by atoms with Gasteiger partial charge in [0, 0.05) is 6.54 Å². The maximum atomic E-state index is 12.5. The highest BCUT2D eigenvalue weighted by Crippen LogP contribution is 2.35. The highest BCUT2D eigenvalue weighted by atomic mass is 19.4. The number of nitrogens with two attached hydrogens (primary N) is 1. The predicted molar refractivity (Wildman–Crippen MR) is 53.2 cm³/mol. The summed E-state index contributed by atoms with van der Waals surface area (Å²) in [6.45, 7) is 0.329. The Morgan fingerprint density at radius 1 is 1.38 bits per heavy atom. The van der Waals surface area contributed by atoms with Gasteiger partial charge in [-0.05, 0) is 30.5 Å². The fourth-order valence-corrected chi connectivity index (χ4v) is 1.77. The second-order valence-corrected chi connectivity index (χ2v) is 3.83. The van der Waals surface area contributed by atoms with Crippen molar-refractivity contribution in [3.05, 3.63) is 29.3 Å². The lowest BCUT2D eigenvalue weighted by Crippen LogP contribution is -2.30. The van der Waals surface area contributed by atoms with Gasteiger partial charge in [0.25, 0.3) is 0 Å². The van der Waals surface area contributed by atoms with E-state index in [1.54, 1.807) is 0 Å². The van der Waals surface area contributed by atoms with E-state index in [2.05, 4.69) is 0 Å². The molecular formula is C11H12F3NO. The quantitative estimate of drug-likeness (QED) is 0.805. The molecule has 1 aromatic rings. The number of aryl methyl sites for hydroxylation is 1. The van der Waals surface area contributed by atoms with Crippen LogP contribution in [-0.2, 0) is 12.6 Å². The number of hydrogen-bond donors (Lipinski definition) is 1. The fourth-order valence-electron chi connectivity index (χ4n) is 1.77. The second-order valence-electron chi connectivity index (χ2n) is 3.83. The average Bonchev–Trinajstić information content (AvgIpc) is 2.26. The fraction of sp³-hybridized carbons (Fsp3) is 0.455. The van der Waals surface area contributed by atoms with Crippen LogP contribution >= 0.6 is 0 Å². The normalized spacial score (nSPS) is 20.1. The molecule has 1 aliphatic heterocycles. The Kier molecular flexibility index (Phi) is 2.80. The molecule has 0 aliphatic carbocycles. The Labute approximate surface area is 91.2 Å². The van der Waals surface area contributed by atoms with Gasteiger partial charge in [0.05, 0.1) is 5.56 Å². The van der Waals surface area contributed by atoms with E-state index < -0.39 is 11.7 Å². The van der Waals surface area contributed by atoms with E-state index in [0.29, 0.717) is 12.3 Å². The maximum Gasteiger partial charge on any atom is 0.416 e. The van der Waals surface area contributed by atoms with Crippen molar-refractivity contribution in [1.29, 1.82) is 0 Å². The first-order valence-corrected chi connectivity index (χ1v) is 5.07. The monoisotopic (exact) mass is 231 g/mol. The smallest absolute Gasteiger partial charge is 0.416 e. The van der Waals surface area contributed by atoms with Crippen molar-refractivity contribution in [2.75, 3.05) is 6.54 Å². The summed E-state index contributed by atoms with van der Waals surface area (Å²) in [5, 5.41) is 0. The van der Waals surface area contributed by atoms with Gasteiger partial charge in [0.1, 0.15) is 11.9 Å². The van der Waals surface area contributed by atoms with E-state index in [1.165, 1.54) is 6.07 Å². The molecule has 1 aliphatic rings. The summed E-state index contributed by atoms with van der Waals surface area (Å²) < 4.78 is 42.8. The molecule has 0 amide bonds. The van der Waals surface area contributed by atoms with Gasteiger partial charge in [-0.3, -0.25) is 0 Å². The number of ether oxygens (including phenoxy) is 1. The van der Waals surface area contributed by atoms with Crippen LogP contribution in [0.5, 0.6) is 5.75 Å². The zero-order valence-corrected chi connectivity index (χ0v) is 8.55. The molecule has 0 spiro atoms. The van der Waals surface area contributed by atoms with Crippen LogP contribution < -0.4 is 10.5 Å². The van der Waals surface area contributed by atoms with Gasteiger partial charge in [-0.25, -0.2) is 0 Å². The number of hydrogen-bond acceptors (Lipinski definition) is 2. The molecule has 2 nitrogen and oxygen atoms in total. The second kappa shape index (κ2) is 3.97. The number of fused-ring (bicyclic) bond motifs is 1. The Morgan fingerprint density at radius 3 is 2.75 bits per heavy atom. The van der Waals surface area contributed by atoms with Crippen LogP contribution in [0.15, 0.2) is 18.2 Å². The summed E-state index contributed by atoms with van der Waals surface area (Å²) in [6, 6.07) is 3.62. The van der Waals surface area contributed by atoms with E-state index >= 15 is 0 Å². The van der Waals surface area contributed by atoms with Crippen LogP contribution in [0.3, 0.4) is 0 Å². The first kappa shape index (κ1) is 11.3. The topological polar surface area (TPSA) is 35.2 Å². The van der Waals surface area contributed by atoms with Crippen molar-refractivity contribution in [1.82, 2.24) is 0 Å². The third-order valence-corrected chi connectivity index (χ3v) is 2.69. The van der Waals surface area contributed by atoms with Gasteiger partial charge in [-0.15, -0.1) is 0 Å². The molecule has 0 radical (unpaired) electrons. The molecule has 1 aromatic carbocycles. The number of halogens is 3. The molecule has 1 atom stereocenters. The van der Waals surface area contributed by atoms with Gasteiger partial charge >= 0.3 is 6.18 Å². The number of benzene rings is 1. The first-order chi connectivity index (χ1) is 7.50. The Bertz CT molecular complexity index is 389. The summed E-state index contributed by atoms with van der Waals surface area (Å²) in [5.74, 6) is 0.316. The van der Waals surface area contributed by atoms with Gasteiger partial charge in [-0.1, -0.05) is 6.07 Å². The van der Waals surface area contributed by atoms with Crippen molar-refractivity contribution in [3.63, 3.8) is 0 Å². The largest absolute Gasteiger partial charge is 0.489 e. The molecule has 2 N–H and O–H groups in total. The van der Waals surface area contributed by atoms with Gasteiger partial charge in [0.2, 0.25) is 0 Å². The van der Waals surface area contributed by atoms with Gasteiger partial charge in [-0.2, -0.15) is 13.2 Å². The summed E-state index contributed by atoms with van der Waals surface area (Å²) in [7, 11) is 0. The van der Waals surface area contributed by atoms with E-state index in [9.17, 15) is 13.2 Å². The van der Waals surface area contributed by atoms with Crippen LogP contribution in [0.4, 0.5) is 13.2 Å². The Morgan fingerprint density at radius 2 is 2.12 bits per heavy atom. The minimum absolute atomic E-state index is 0.170. The molecule has 5 heteroatoms. The van der Waals surface area contributed by atoms with Crippen LogP contribution in [0, 0.1) is 0 Å². The van der Waals surface area contributed by atoms with Crippen LogP contribution in [0.2, 0.25) is 0 Å². The van der Waals surface area contributed by atoms with E-state index in [-0.39, 0.29) is 6.10 Å². The SMILES string of the molecule is NCC1CCc2ccc(C(F)(F)F)cc2O1. The van der Waals surface area contributed by atoms with Crippen molar-refractivity contribution >= 4 is 0 Å². The van der Waals surface area contributed by atoms with E-state index in [0.717, 1.165) is 30.5 Å². The van der Waals surface area contributed by atoms with Crippen molar-refractivity contribution in [2.45, 2.75) is 25.1 Å². The molecular weight excluding hydrogens is 219 g/mol. The van der Waals surface area contributed by atoms with Gasteiger partial charge < -0.3 is 10.5 Å². The molecule has 0 bridgehead atoms. The molecule has 0 saturated heterocycles.